The zero-order chi connectivity index (χ0) is 10.0. The second kappa shape index (κ2) is 3.78. The van der Waals surface area contributed by atoms with E-state index in [0.29, 0.717) is 0 Å². The topological polar surface area (TPSA) is 56.7 Å². The minimum atomic E-state index is -1.27. The highest BCUT2D eigenvalue weighted by Gasteiger charge is 2.19. The molecule has 1 rings (SSSR count). The summed E-state index contributed by atoms with van der Waals surface area (Å²) in [5, 5.41) is 8.93. The van der Waals surface area contributed by atoms with Crippen LogP contribution in [0.5, 0.6) is 0 Å². The molecule has 3 nitrogen and oxygen atoms in total. The molecule has 0 heterocycles. The Morgan fingerprint density at radius 3 is 2.54 bits per heavy atom. The third kappa shape index (κ3) is 1.82. The number of carbonyl (C=O) groups is 1. The van der Waals surface area contributed by atoms with Gasteiger partial charge in [0, 0.05) is 6.07 Å². The van der Waals surface area contributed by atoms with Crippen molar-refractivity contribution in [3.63, 3.8) is 0 Å². The van der Waals surface area contributed by atoms with E-state index in [2.05, 4.69) is 0 Å². The van der Waals surface area contributed by atoms with Gasteiger partial charge in [-0.15, -0.1) is 0 Å². The summed E-state index contributed by atoms with van der Waals surface area (Å²) in [5.74, 6) is -2.31. The first kappa shape index (κ1) is 10.0. The maximum atomic E-state index is 13.0. The van der Waals surface area contributed by atoms with Gasteiger partial charge in [-0.1, -0.05) is 0 Å². The van der Waals surface area contributed by atoms with Crippen LogP contribution in [0.4, 0.5) is 14.5 Å². The Labute approximate surface area is 76.9 Å². The fourth-order valence-electron chi connectivity index (χ4n) is 0.840. The Morgan fingerprint density at radius 1 is 1.46 bits per heavy atom. The van der Waals surface area contributed by atoms with Gasteiger partial charge >= 0.3 is 0 Å². The molecule has 2 N–H and O–H groups in total. The molecule has 0 atom stereocenters. The van der Waals surface area contributed by atoms with Crippen LogP contribution in [-0.4, -0.2) is 5.24 Å². The molecular formula is C7H4ClF2NO2. The monoisotopic (exact) mass is 207 g/mol. The van der Waals surface area contributed by atoms with Gasteiger partial charge in [0.15, 0.2) is 11.5 Å². The van der Waals surface area contributed by atoms with Crippen LogP contribution < -0.4 is 5.48 Å². The lowest BCUT2D eigenvalue weighted by Gasteiger charge is -2.05. The van der Waals surface area contributed by atoms with Crippen LogP contribution in [0.15, 0.2) is 12.1 Å². The Morgan fingerprint density at radius 2 is 2.08 bits per heavy atom. The highest BCUT2D eigenvalue weighted by atomic mass is 35.5. The molecule has 0 aliphatic carbocycles. The van der Waals surface area contributed by atoms with E-state index < -0.39 is 28.1 Å². The summed E-state index contributed by atoms with van der Waals surface area (Å²) in [7, 11) is 0. The molecule has 0 aromatic heterocycles. The highest BCUT2D eigenvalue weighted by molar-refractivity contribution is 6.67. The molecule has 70 valence electrons. The van der Waals surface area contributed by atoms with E-state index in [0.717, 1.165) is 12.1 Å². The molecule has 0 amide bonds. The Kier molecular flexibility index (Phi) is 2.92. The minimum absolute atomic E-state index is 0.179. The van der Waals surface area contributed by atoms with E-state index in [1.807, 2.05) is 0 Å². The molecular weight excluding hydrogens is 204 g/mol. The third-order valence-electron chi connectivity index (χ3n) is 1.44. The van der Waals surface area contributed by atoms with Crippen LogP contribution in [0.3, 0.4) is 0 Å². The van der Waals surface area contributed by atoms with E-state index in [9.17, 15) is 18.8 Å². The zero-order valence-electron chi connectivity index (χ0n) is 6.18. The molecule has 13 heavy (non-hydrogen) atoms. The average molecular weight is 208 g/mol. The van der Waals surface area contributed by atoms with E-state index in [1.165, 1.54) is 0 Å². The van der Waals surface area contributed by atoms with Gasteiger partial charge in [-0.05, 0) is 17.7 Å². The summed E-state index contributed by atoms with van der Waals surface area (Å²) < 4.78 is 25.8. The number of halogens is 3. The van der Waals surface area contributed by atoms with E-state index in [-0.39, 0.29) is 5.48 Å². The zero-order valence-corrected chi connectivity index (χ0v) is 6.94. The Bertz CT molecular complexity index is 357. The van der Waals surface area contributed by atoms with Crippen LogP contribution in [0.25, 0.3) is 0 Å². The maximum Gasteiger partial charge on any atom is 0.258 e. The van der Waals surface area contributed by atoms with Crippen LogP contribution in [-0.2, 0) is 0 Å². The fraction of sp³-hybridized carbons (Fsp3) is 0. The summed E-state index contributed by atoms with van der Waals surface area (Å²) in [4.78, 5) is 10.5. The SMILES string of the molecule is O=C(Cl)c1c(F)ccc([NH2+][O-])c1F. The summed E-state index contributed by atoms with van der Waals surface area (Å²) in [5.41, 5.74) is -1.12. The minimum Gasteiger partial charge on any atom is -0.630 e. The molecule has 0 fully saturated rings. The summed E-state index contributed by atoms with van der Waals surface area (Å²) in [6.45, 7) is 0. The molecule has 1 aromatic carbocycles. The van der Waals surface area contributed by atoms with E-state index >= 15 is 0 Å². The van der Waals surface area contributed by atoms with Gasteiger partial charge in [0.1, 0.15) is 11.4 Å². The molecule has 0 saturated heterocycles. The normalized spacial score (nSPS) is 10.2. The van der Waals surface area contributed by atoms with Crippen molar-refractivity contribution in [3.05, 3.63) is 34.5 Å². The van der Waals surface area contributed by atoms with Gasteiger partial charge in [0.05, 0.1) is 0 Å². The van der Waals surface area contributed by atoms with Crippen LogP contribution in [0, 0.1) is 16.8 Å². The molecule has 1 aromatic rings. The first-order chi connectivity index (χ1) is 6.07. The first-order valence-electron chi connectivity index (χ1n) is 3.21. The van der Waals surface area contributed by atoms with Crippen LogP contribution >= 0.6 is 11.6 Å². The second-order valence-electron chi connectivity index (χ2n) is 2.22. The quantitative estimate of drug-likeness (QED) is 0.448. The first-order valence-corrected chi connectivity index (χ1v) is 3.58. The predicted molar refractivity (Wildman–Crippen MR) is 41.5 cm³/mol. The number of quaternary nitrogens is 1. The Hall–Kier alpha value is -1.04. The molecule has 0 unspecified atom stereocenters. The maximum absolute atomic E-state index is 13.0. The average Bonchev–Trinajstić information content (AvgIpc) is 2.04. The van der Waals surface area contributed by atoms with Crippen molar-refractivity contribution in [1.82, 2.24) is 0 Å². The van der Waals surface area contributed by atoms with Gasteiger partial charge in [0.25, 0.3) is 5.24 Å². The van der Waals surface area contributed by atoms with Gasteiger partial charge in [-0.2, -0.15) is 4.39 Å². The van der Waals surface area contributed by atoms with E-state index in [4.69, 9.17) is 11.6 Å². The van der Waals surface area contributed by atoms with Gasteiger partial charge in [-0.25, -0.2) is 4.39 Å². The summed E-state index contributed by atoms with van der Waals surface area (Å²) in [6, 6.07) is 1.74. The molecule has 0 radical (unpaired) electrons. The third-order valence-corrected chi connectivity index (χ3v) is 1.63. The van der Waals surface area contributed by atoms with Crippen molar-refractivity contribution in [2.75, 3.05) is 0 Å². The van der Waals surface area contributed by atoms with Crippen molar-refractivity contribution < 1.29 is 19.1 Å². The lowest BCUT2D eigenvalue weighted by molar-refractivity contribution is -0.499. The molecule has 0 spiro atoms. The van der Waals surface area contributed by atoms with Crippen molar-refractivity contribution in [3.8, 4) is 0 Å². The van der Waals surface area contributed by atoms with Crippen molar-refractivity contribution in [2.45, 2.75) is 0 Å². The lowest BCUT2D eigenvalue weighted by Crippen LogP contribution is -2.70. The van der Waals surface area contributed by atoms with Crippen molar-refractivity contribution >= 4 is 22.5 Å². The fourth-order valence-corrected chi connectivity index (χ4v) is 1.01. The van der Waals surface area contributed by atoms with Crippen LogP contribution in [0.1, 0.15) is 10.4 Å². The lowest BCUT2D eigenvalue weighted by atomic mass is 10.2. The molecule has 0 aliphatic rings. The number of hydrogen-bond donors (Lipinski definition) is 1. The highest BCUT2D eigenvalue weighted by Crippen LogP contribution is 2.19. The standard InChI is InChI=1S/C7H4ClF2NO2/c8-7(12)5-3(9)1-2-4(11-13)6(5)10/h1-2H,11H2. The number of nitrogens with two attached hydrogens (primary N) is 1. The van der Waals surface area contributed by atoms with Crippen molar-refractivity contribution in [2.24, 2.45) is 0 Å². The number of hydrogen-bond acceptors (Lipinski definition) is 2. The van der Waals surface area contributed by atoms with Crippen LogP contribution in [0.2, 0.25) is 0 Å². The molecule has 0 bridgehead atoms. The molecule has 0 saturated carbocycles. The smallest absolute Gasteiger partial charge is 0.258 e. The Balaban J connectivity index is 3.38. The number of benzene rings is 1. The van der Waals surface area contributed by atoms with Gasteiger partial charge in [-0.3, -0.25) is 4.79 Å². The summed E-state index contributed by atoms with van der Waals surface area (Å²) >= 11 is 4.91. The second-order valence-corrected chi connectivity index (χ2v) is 2.56. The summed E-state index contributed by atoms with van der Waals surface area (Å²) in [6.07, 6.45) is 0. The van der Waals surface area contributed by atoms with Crippen molar-refractivity contribution in [1.29, 1.82) is 0 Å². The molecule has 0 aliphatic heterocycles. The van der Waals surface area contributed by atoms with Gasteiger partial charge < -0.3 is 10.7 Å². The predicted octanol–water partition coefficient (Wildman–Crippen LogP) is 1.04. The number of carbonyl (C=O) groups excluding carboxylic acids is 1. The molecule has 6 heteroatoms. The van der Waals surface area contributed by atoms with Gasteiger partial charge in [0.2, 0.25) is 0 Å². The largest absolute Gasteiger partial charge is 0.630 e. The van der Waals surface area contributed by atoms with E-state index in [1.54, 1.807) is 0 Å². The number of rotatable bonds is 2.